The second kappa shape index (κ2) is 5.66. The summed E-state index contributed by atoms with van der Waals surface area (Å²) in [6.45, 7) is -0.0820. The fourth-order valence-corrected chi connectivity index (χ4v) is 1.39. The van der Waals surface area contributed by atoms with E-state index in [0.29, 0.717) is 5.69 Å². The molecule has 0 saturated heterocycles. The maximum atomic E-state index is 11.5. The van der Waals surface area contributed by atoms with Gasteiger partial charge in [-0.3, -0.25) is 4.79 Å². The Hall–Kier alpha value is -1.34. The lowest BCUT2D eigenvalue weighted by molar-refractivity contribution is -0.148. The van der Waals surface area contributed by atoms with Crippen LogP contribution < -0.4 is 5.32 Å². The largest absolute Gasteiger partial charge is 0.479 e. The Morgan fingerprint density at radius 2 is 2.38 bits per heavy atom. The maximum Gasteiger partial charge on any atom is 0.334 e. The SMILES string of the molecule is COC(CNC(=O)c1cc(Br)c[nH]1)C(=O)O. The van der Waals surface area contributed by atoms with E-state index >= 15 is 0 Å². The van der Waals surface area contributed by atoms with Gasteiger partial charge in [-0.05, 0) is 22.0 Å². The van der Waals surface area contributed by atoms with Crippen LogP contribution in [0, 0.1) is 0 Å². The molecule has 1 amide bonds. The van der Waals surface area contributed by atoms with Gasteiger partial charge in [0.05, 0.1) is 6.54 Å². The Labute approximate surface area is 100 Å². The minimum Gasteiger partial charge on any atom is -0.479 e. The number of H-pyrrole nitrogens is 1. The van der Waals surface area contributed by atoms with Crippen LogP contribution in [-0.2, 0) is 9.53 Å². The molecule has 7 heteroatoms. The highest BCUT2D eigenvalue weighted by atomic mass is 79.9. The van der Waals surface area contributed by atoms with E-state index in [1.54, 1.807) is 12.3 Å². The number of rotatable bonds is 5. The molecule has 0 aliphatic rings. The van der Waals surface area contributed by atoms with E-state index in [2.05, 4.69) is 31.0 Å². The Morgan fingerprint density at radius 3 is 2.81 bits per heavy atom. The molecule has 0 aliphatic carbocycles. The number of methoxy groups -OCH3 is 1. The van der Waals surface area contributed by atoms with Crippen molar-refractivity contribution in [2.45, 2.75) is 6.10 Å². The lowest BCUT2D eigenvalue weighted by Gasteiger charge is -2.10. The van der Waals surface area contributed by atoms with Gasteiger partial charge in [0, 0.05) is 17.8 Å². The molecular formula is C9H11BrN2O4. The average Bonchev–Trinajstić information content (AvgIpc) is 2.65. The summed E-state index contributed by atoms with van der Waals surface area (Å²) in [4.78, 5) is 24.8. The van der Waals surface area contributed by atoms with Crippen molar-refractivity contribution < 1.29 is 19.4 Å². The normalized spacial score (nSPS) is 12.1. The predicted molar refractivity (Wildman–Crippen MR) is 59.3 cm³/mol. The number of aromatic amines is 1. The van der Waals surface area contributed by atoms with Crippen molar-refractivity contribution in [2.24, 2.45) is 0 Å². The molecule has 0 aromatic carbocycles. The molecule has 0 spiro atoms. The molecule has 0 fully saturated rings. The number of carboxylic acid groups (broad SMARTS) is 1. The lowest BCUT2D eigenvalue weighted by Crippen LogP contribution is -2.37. The summed E-state index contributed by atoms with van der Waals surface area (Å²) in [6, 6.07) is 1.60. The molecule has 1 aromatic rings. The smallest absolute Gasteiger partial charge is 0.334 e. The highest BCUT2D eigenvalue weighted by molar-refractivity contribution is 9.10. The molecule has 1 aromatic heterocycles. The molecule has 0 bridgehead atoms. The van der Waals surface area contributed by atoms with Gasteiger partial charge in [0.1, 0.15) is 5.69 Å². The summed E-state index contributed by atoms with van der Waals surface area (Å²) in [6.07, 6.45) is 0.572. The van der Waals surface area contributed by atoms with E-state index in [1.807, 2.05) is 0 Å². The molecule has 1 rings (SSSR count). The Kier molecular flexibility index (Phi) is 4.51. The Morgan fingerprint density at radius 1 is 1.69 bits per heavy atom. The summed E-state index contributed by atoms with van der Waals surface area (Å²) >= 11 is 3.19. The van der Waals surface area contributed by atoms with E-state index in [0.717, 1.165) is 4.47 Å². The average molecular weight is 291 g/mol. The topological polar surface area (TPSA) is 91.4 Å². The second-order valence-electron chi connectivity index (χ2n) is 3.00. The van der Waals surface area contributed by atoms with Crippen LogP contribution in [0.4, 0.5) is 0 Å². The molecule has 1 unspecified atom stereocenters. The first-order valence-corrected chi connectivity index (χ1v) is 5.21. The van der Waals surface area contributed by atoms with E-state index in [1.165, 1.54) is 7.11 Å². The van der Waals surface area contributed by atoms with E-state index in [4.69, 9.17) is 5.11 Å². The van der Waals surface area contributed by atoms with E-state index in [9.17, 15) is 9.59 Å². The molecule has 1 atom stereocenters. The van der Waals surface area contributed by atoms with Crippen LogP contribution in [0.5, 0.6) is 0 Å². The zero-order valence-electron chi connectivity index (χ0n) is 8.49. The second-order valence-corrected chi connectivity index (χ2v) is 3.92. The predicted octanol–water partition coefficient (Wildman–Crippen LogP) is 0.607. The molecule has 0 radical (unpaired) electrons. The first-order chi connectivity index (χ1) is 7.54. The monoisotopic (exact) mass is 290 g/mol. The van der Waals surface area contributed by atoms with E-state index in [-0.39, 0.29) is 12.5 Å². The molecule has 1 heterocycles. The molecule has 6 nitrogen and oxygen atoms in total. The summed E-state index contributed by atoms with van der Waals surface area (Å²) in [7, 11) is 1.27. The van der Waals surface area contributed by atoms with Crippen LogP contribution in [0.15, 0.2) is 16.7 Å². The third kappa shape index (κ3) is 3.35. The van der Waals surface area contributed by atoms with Crippen LogP contribution in [0.2, 0.25) is 0 Å². The Balaban J connectivity index is 2.49. The third-order valence-electron chi connectivity index (χ3n) is 1.90. The van der Waals surface area contributed by atoms with Crippen LogP contribution in [0.25, 0.3) is 0 Å². The quantitative estimate of drug-likeness (QED) is 0.741. The zero-order chi connectivity index (χ0) is 12.1. The number of hydrogen-bond donors (Lipinski definition) is 3. The number of amides is 1. The maximum absolute atomic E-state index is 11.5. The number of hydrogen-bond acceptors (Lipinski definition) is 3. The van der Waals surface area contributed by atoms with Crippen molar-refractivity contribution in [1.29, 1.82) is 0 Å². The molecule has 3 N–H and O–H groups in total. The van der Waals surface area contributed by atoms with Gasteiger partial charge in [-0.2, -0.15) is 0 Å². The van der Waals surface area contributed by atoms with Crippen LogP contribution in [0.3, 0.4) is 0 Å². The number of carbonyl (C=O) groups excluding carboxylic acids is 1. The van der Waals surface area contributed by atoms with Gasteiger partial charge in [-0.15, -0.1) is 0 Å². The van der Waals surface area contributed by atoms with Crippen molar-refractivity contribution in [3.8, 4) is 0 Å². The number of carbonyl (C=O) groups is 2. The highest BCUT2D eigenvalue weighted by Gasteiger charge is 2.17. The summed E-state index contributed by atoms with van der Waals surface area (Å²) in [5.41, 5.74) is 0.354. The Bertz CT molecular complexity index is 391. The number of aromatic nitrogens is 1. The fourth-order valence-electron chi connectivity index (χ4n) is 1.05. The summed E-state index contributed by atoms with van der Waals surface area (Å²) < 4.78 is 5.42. The number of ether oxygens (including phenoxy) is 1. The molecule has 0 saturated carbocycles. The van der Waals surface area contributed by atoms with Gasteiger partial charge in [0.25, 0.3) is 5.91 Å². The first-order valence-electron chi connectivity index (χ1n) is 4.42. The van der Waals surface area contributed by atoms with E-state index < -0.39 is 12.1 Å². The van der Waals surface area contributed by atoms with Crippen molar-refractivity contribution in [2.75, 3.05) is 13.7 Å². The minimum atomic E-state index is -1.12. The highest BCUT2D eigenvalue weighted by Crippen LogP contribution is 2.10. The van der Waals surface area contributed by atoms with Crippen molar-refractivity contribution in [3.05, 3.63) is 22.4 Å². The van der Waals surface area contributed by atoms with Crippen molar-refractivity contribution in [1.82, 2.24) is 10.3 Å². The number of nitrogens with one attached hydrogen (secondary N) is 2. The van der Waals surface area contributed by atoms with Crippen LogP contribution in [0.1, 0.15) is 10.5 Å². The lowest BCUT2D eigenvalue weighted by atomic mass is 10.3. The van der Waals surface area contributed by atoms with Crippen LogP contribution >= 0.6 is 15.9 Å². The third-order valence-corrected chi connectivity index (χ3v) is 2.36. The molecule has 88 valence electrons. The fraction of sp³-hybridized carbons (Fsp3) is 0.333. The minimum absolute atomic E-state index is 0.0820. The number of halogens is 1. The number of carboxylic acids is 1. The molecule has 0 aliphatic heterocycles. The molecule has 16 heavy (non-hydrogen) atoms. The van der Waals surface area contributed by atoms with Gasteiger partial charge in [-0.25, -0.2) is 4.79 Å². The van der Waals surface area contributed by atoms with Gasteiger partial charge in [0.15, 0.2) is 6.10 Å². The van der Waals surface area contributed by atoms with Gasteiger partial charge < -0.3 is 20.1 Å². The molecular weight excluding hydrogens is 280 g/mol. The van der Waals surface area contributed by atoms with Gasteiger partial charge in [0.2, 0.25) is 0 Å². The van der Waals surface area contributed by atoms with Crippen LogP contribution in [-0.4, -0.2) is 41.7 Å². The van der Waals surface area contributed by atoms with Gasteiger partial charge >= 0.3 is 5.97 Å². The van der Waals surface area contributed by atoms with Crippen molar-refractivity contribution in [3.63, 3.8) is 0 Å². The zero-order valence-corrected chi connectivity index (χ0v) is 10.1. The summed E-state index contributed by atoms with van der Waals surface area (Å²) in [5, 5.41) is 11.1. The van der Waals surface area contributed by atoms with Gasteiger partial charge in [-0.1, -0.05) is 0 Å². The summed E-state index contributed by atoms with van der Waals surface area (Å²) in [5.74, 6) is -1.50. The van der Waals surface area contributed by atoms with Crippen molar-refractivity contribution >= 4 is 27.8 Å². The standard InChI is InChI=1S/C9H11BrN2O4/c1-16-7(9(14)15)4-12-8(13)6-2-5(10)3-11-6/h2-3,7,11H,4H2,1H3,(H,12,13)(H,14,15). The number of aliphatic carboxylic acids is 1. The first kappa shape index (κ1) is 12.7.